The molecule has 0 aliphatic carbocycles. The zero-order valence-electron chi connectivity index (χ0n) is 21.8. The van der Waals surface area contributed by atoms with E-state index in [9.17, 15) is 0 Å². The molecule has 1 aliphatic rings. The van der Waals surface area contributed by atoms with E-state index in [1.165, 1.54) is 77.2 Å². The Hall–Kier alpha value is -5.34. The number of nitrogens with zero attached hydrogens (tertiary/aromatic N) is 2. The first-order valence-electron chi connectivity index (χ1n) is 13.8. The largest absolute Gasteiger partial charge is 0.305 e. The number of benzene rings is 7. The van der Waals surface area contributed by atoms with E-state index in [4.69, 9.17) is 0 Å². The maximum Gasteiger partial charge on any atom is 0.0783 e. The number of rotatable bonds is 2. The van der Waals surface area contributed by atoms with Gasteiger partial charge in [0, 0.05) is 21.5 Å². The molecule has 0 atom stereocenters. The van der Waals surface area contributed by atoms with Gasteiger partial charge in [-0.25, -0.2) is 0 Å². The van der Waals surface area contributed by atoms with Crippen molar-refractivity contribution in [3.05, 3.63) is 146 Å². The van der Waals surface area contributed by atoms with Gasteiger partial charge >= 0.3 is 0 Å². The second-order valence-electron chi connectivity index (χ2n) is 10.5. The Morgan fingerprint density at radius 3 is 1.60 bits per heavy atom. The molecule has 0 saturated heterocycles. The maximum absolute atomic E-state index is 2.51. The van der Waals surface area contributed by atoms with Crippen LogP contribution >= 0.6 is 0 Å². The molecular formula is C38H24N2. The first-order chi connectivity index (χ1) is 19.9. The standard InChI is InChI=1S/C38H24N2/c1-2-13-25(14-3-1)36-27-16-4-6-18-30(27)37(31-19-7-5-17-28(31)36)40-34-23-11-10-22-33(34)39-32-21-9-8-15-26(32)29-20-12-24-35(40)38(29)39/h1-24H. The number of para-hydroxylation sites is 4. The summed E-state index contributed by atoms with van der Waals surface area (Å²) in [5, 5.41) is 7.58. The van der Waals surface area contributed by atoms with Crippen molar-refractivity contribution >= 4 is 60.4 Å². The van der Waals surface area contributed by atoms with Crippen molar-refractivity contribution in [2.75, 3.05) is 4.90 Å². The molecule has 0 N–H and O–H groups in total. The Labute approximate surface area is 232 Å². The van der Waals surface area contributed by atoms with Crippen LogP contribution in [0.4, 0.5) is 17.1 Å². The third-order valence-electron chi connectivity index (χ3n) is 8.47. The Morgan fingerprint density at radius 1 is 0.350 bits per heavy atom. The van der Waals surface area contributed by atoms with Gasteiger partial charge in [0.15, 0.2) is 0 Å². The monoisotopic (exact) mass is 508 g/mol. The van der Waals surface area contributed by atoms with Crippen LogP contribution in [0.5, 0.6) is 0 Å². The van der Waals surface area contributed by atoms with Crippen molar-refractivity contribution in [3.63, 3.8) is 0 Å². The Morgan fingerprint density at radius 2 is 0.875 bits per heavy atom. The van der Waals surface area contributed by atoms with Gasteiger partial charge in [0.2, 0.25) is 0 Å². The van der Waals surface area contributed by atoms with Gasteiger partial charge in [-0.15, -0.1) is 0 Å². The maximum atomic E-state index is 2.51. The summed E-state index contributed by atoms with van der Waals surface area (Å²) in [6, 6.07) is 53.0. The highest BCUT2D eigenvalue weighted by Crippen LogP contribution is 2.53. The minimum absolute atomic E-state index is 1.19. The van der Waals surface area contributed by atoms with Gasteiger partial charge in [0.1, 0.15) is 0 Å². The van der Waals surface area contributed by atoms with Crippen molar-refractivity contribution in [1.82, 2.24) is 4.57 Å². The summed E-state index contributed by atoms with van der Waals surface area (Å²) in [7, 11) is 0. The molecule has 2 nitrogen and oxygen atoms in total. The zero-order chi connectivity index (χ0) is 26.2. The van der Waals surface area contributed by atoms with Gasteiger partial charge < -0.3 is 9.47 Å². The third-order valence-corrected chi connectivity index (χ3v) is 8.47. The molecule has 8 aromatic rings. The fourth-order valence-electron chi connectivity index (χ4n) is 6.91. The molecule has 0 bridgehead atoms. The first kappa shape index (κ1) is 21.6. The van der Waals surface area contributed by atoms with Crippen LogP contribution in [0.25, 0.3) is 60.2 Å². The lowest BCUT2D eigenvalue weighted by molar-refractivity contribution is 1.12. The molecule has 0 radical (unpaired) electrons. The summed E-state index contributed by atoms with van der Waals surface area (Å²) in [6.45, 7) is 0. The fourth-order valence-corrected chi connectivity index (χ4v) is 6.91. The van der Waals surface area contributed by atoms with E-state index in [2.05, 4.69) is 155 Å². The molecule has 0 unspecified atom stereocenters. The molecule has 7 aromatic carbocycles. The SMILES string of the molecule is c1ccc(-c2c3ccccc3c(N3c4ccccc4-n4c5ccccc5c5cccc3c54)c3ccccc23)cc1. The predicted molar refractivity (Wildman–Crippen MR) is 169 cm³/mol. The smallest absolute Gasteiger partial charge is 0.0783 e. The molecule has 0 fully saturated rings. The molecule has 0 saturated carbocycles. The number of aromatic nitrogens is 1. The molecule has 2 heterocycles. The van der Waals surface area contributed by atoms with E-state index < -0.39 is 0 Å². The summed E-state index contributed by atoms with van der Waals surface area (Å²) < 4.78 is 2.45. The second-order valence-corrected chi connectivity index (χ2v) is 10.5. The second kappa shape index (κ2) is 8.08. The van der Waals surface area contributed by atoms with Crippen molar-refractivity contribution in [3.8, 4) is 16.8 Å². The highest BCUT2D eigenvalue weighted by Gasteiger charge is 2.30. The van der Waals surface area contributed by atoms with E-state index in [1.807, 2.05) is 0 Å². The summed E-state index contributed by atoms with van der Waals surface area (Å²) >= 11 is 0. The van der Waals surface area contributed by atoms with E-state index in [0.29, 0.717) is 0 Å². The summed E-state index contributed by atoms with van der Waals surface area (Å²) in [5.74, 6) is 0. The van der Waals surface area contributed by atoms with Gasteiger partial charge in [-0.2, -0.15) is 0 Å². The Bertz CT molecular complexity index is 2220. The average Bonchev–Trinajstić information content (AvgIpc) is 3.37. The Kier molecular flexibility index (Phi) is 4.36. The van der Waals surface area contributed by atoms with E-state index in [1.54, 1.807) is 0 Å². The van der Waals surface area contributed by atoms with E-state index in [0.717, 1.165) is 0 Å². The van der Waals surface area contributed by atoms with Gasteiger partial charge in [-0.1, -0.05) is 121 Å². The molecule has 1 aliphatic heterocycles. The molecule has 2 heteroatoms. The summed E-state index contributed by atoms with van der Waals surface area (Å²) in [4.78, 5) is 2.51. The first-order valence-corrected chi connectivity index (χ1v) is 13.8. The molecule has 1 aromatic heterocycles. The normalized spacial score (nSPS) is 12.4. The van der Waals surface area contributed by atoms with Crippen LogP contribution in [0, 0.1) is 0 Å². The van der Waals surface area contributed by atoms with Crippen LogP contribution in [-0.4, -0.2) is 4.57 Å². The third kappa shape index (κ3) is 2.77. The fraction of sp³-hybridized carbons (Fsp3) is 0. The predicted octanol–water partition coefficient (Wildman–Crippen LogP) is 10.5. The van der Waals surface area contributed by atoms with Crippen molar-refractivity contribution < 1.29 is 0 Å². The molecular weight excluding hydrogens is 484 g/mol. The lowest BCUT2D eigenvalue weighted by Crippen LogP contribution is -2.18. The average molecular weight is 509 g/mol. The van der Waals surface area contributed by atoms with Gasteiger partial charge in [-0.3, -0.25) is 0 Å². The number of hydrogen-bond acceptors (Lipinski definition) is 1. The zero-order valence-corrected chi connectivity index (χ0v) is 21.8. The lowest BCUT2D eigenvalue weighted by Gasteiger charge is -2.35. The van der Waals surface area contributed by atoms with Crippen LogP contribution in [0.2, 0.25) is 0 Å². The highest BCUT2D eigenvalue weighted by molar-refractivity contribution is 6.25. The number of hydrogen-bond donors (Lipinski definition) is 0. The van der Waals surface area contributed by atoms with Crippen LogP contribution < -0.4 is 4.90 Å². The quantitative estimate of drug-likeness (QED) is 0.211. The molecule has 186 valence electrons. The molecule has 40 heavy (non-hydrogen) atoms. The topological polar surface area (TPSA) is 8.17 Å². The minimum Gasteiger partial charge on any atom is -0.305 e. The van der Waals surface area contributed by atoms with Gasteiger partial charge in [-0.05, 0) is 46.2 Å². The van der Waals surface area contributed by atoms with Gasteiger partial charge in [0.25, 0.3) is 0 Å². The summed E-state index contributed by atoms with van der Waals surface area (Å²) in [6.07, 6.45) is 0. The molecule has 0 spiro atoms. The Balaban J connectivity index is 1.49. The van der Waals surface area contributed by atoms with E-state index >= 15 is 0 Å². The van der Waals surface area contributed by atoms with Crippen LogP contribution in [0.1, 0.15) is 0 Å². The minimum atomic E-state index is 1.19. The van der Waals surface area contributed by atoms with Crippen LogP contribution in [-0.2, 0) is 0 Å². The van der Waals surface area contributed by atoms with Crippen molar-refractivity contribution in [2.24, 2.45) is 0 Å². The molecule has 0 amide bonds. The van der Waals surface area contributed by atoms with Crippen molar-refractivity contribution in [1.29, 1.82) is 0 Å². The highest BCUT2D eigenvalue weighted by atomic mass is 15.2. The summed E-state index contributed by atoms with van der Waals surface area (Å²) in [5.41, 5.74) is 9.83. The molecule has 9 rings (SSSR count). The number of fused-ring (bicyclic) bond motifs is 7. The lowest BCUT2D eigenvalue weighted by atomic mass is 9.89. The van der Waals surface area contributed by atoms with Crippen LogP contribution in [0.3, 0.4) is 0 Å². The van der Waals surface area contributed by atoms with Gasteiger partial charge in [0.05, 0.1) is 33.8 Å². The van der Waals surface area contributed by atoms with Crippen molar-refractivity contribution in [2.45, 2.75) is 0 Å². The van der Waals surface area contributed by atoms with E-state index in [-0.39, 0.29) is 0 Å². The number of anilines is 3. The van der Waals surface area contributed by atoms with Crippen LogP contribution in [0.15, 0.2) is 146 Å².